The minimum Gasteiger partial charge on any atom is -0.381 e. The lowest BCUT2D eigenvalue weighted by Gasteiger charge is -2.43. The van der Waals surface area contributed by atoms with Gasteiger partial charge >= 0.3 is 0 Å². The molecule has 0 bridgehead atoms. The van der Waals surface area contributed by atoms with Gasteiger partial charge in [-0.25, -0.2) is 0 Å². The standard InChI is InChI=1S/C16H33N3O/c1-13(2)18-8-4-5-14(6-9-18)19-10-7-16(20-3)11-15(19)12-17/h13-16H,4-12,17H2,1-3H3. The van der Waals surface area contributed by atoms with Gasteiger partial charge in [0.15, 0.2) is 0 Å². The van der Waals surface area contributed by atoms with Crippen molar-refractivity contribution in [2.75, 3.05) is 33.3 Å². The van der Waals surface area contributed by atoms with E-state index in [1.54, 1.807) is 0 Å². The topological polar surface area (TPSA) is 41.7 Å². The van der Waals surface area contributed by atoms with E-state index < -0.39 is 0 Å². The molecule has 2 N–H and O–H groups in total. The summed E-state index contributed by atoms with van der Waals surface area (Å²) in [5.74, 6) is 0. The van der Waals surface area contributed by atoms with Gasteiger partial charge in [-0.05, 0) is 59.0 Å². The molecule has 4 nitrogen and oxygen atoms in total. The van der Waals surface area contributed by atoms with E-state index in [-0.39, 0.29) is 0 Å². The van der Waals surface area contributed by atoms with Crippen molar-refractivity contribution < 1.29 is 4.74 Å². The van der Waals surface area contributed by atoms with E-state index in [1.807, 2.05) is 7.11 Å². The van der Waals surface area contributed by atoms with Crippen molar-refractivity contribution in [3.63, 3.8) is 0 Å². The zero-order valence-electron chi connectivity index (χ0n) is 13.6. The van der Waals surface area contributed by atoms with Gasteiger partial charge in [-0.1, -0.05) is 0 Å². The zero-order valence-corrected chi connectivity index (χ0v) is 13.6. The summed E-state index contributed by atoms with van der Waals surface area (Å²) in [5, 5.41) is 0. The molecule has 2 heterocycles. The van der Waals surface area contributed by atoms with Crippen LogP contribution in [0.1, 0.15) is 46.0 Å². The van der Waals surface area contributed by atoms with E-state index in [9.17, 15) is 0 Å². The van der Waals surface area contributed by atoms with Crippen LogP contribution in [-0.4, -0.2) is 67.3 Å². The van der Waals surface area contributed by atoms with E-state index in [0.717, 1.165) is 32.0 Å². The van der Waals surface area contributed by atoms with Crippen molar-refractivity contribution in [3.8, 4) is 0 Å². The van der Waals surface area contributed by atoms with Gasteiger partial charge in [0, 0.05) is 38.3 Å². The van der Waals surface area contributed by atoms with Crippen molar-refractivity contribution in [2.45, 2.75) is 70.2 Å². The Morgan fingerprint density at radius 1 is 1.15 bits per heavy atom. The summed E-state index contributed by atoms with van der Waals surface area (Å²) >= 11 is 0. The van der Waals surface area contributed by atoms with Crippen molar-refractivity contribution in [1.82, 2.24) is 9.80 Å². The quantitative estimate of drug-likeness (QED) is 0.852. The average molecular weight is 283 g/mol. The Labute approximate surface area is 124 Å². The average Bonchev–Trinajstić information content (AvgIpc) is 2.72. The van der Waals surface area contributed by atoms with Crippen LogP contribution < -0.4 is 5.73 Å². The molecule has 2 aliphatic rings. The van der Waals surface area contributed by atoms with Crippen LogP contribution in [0.4, 0.5) is 0 Å². The second-order valence-electron chi connectivity index (χ2n) is 6.72. The highest BCUT2D eigenvalue weighted by atomic mass is 16.5. The minimum absolute atomic E-state index is 0.415. The first-order valence-electron chi connectivity index (χ1n) is 8.38. The summed E-state index contributed by atoms with van der Waals surface area (Å²) in [6.07, 6.45) is 6.64. The summed E-state index contributed by atoms with van der Waals surface area (Å²) in [6, 6.07) is 1.92. The highest BCUT2D eigenvalue weighted by Gasteiger charge is 2.33. The Bertz CT molecular complexity index is 285. The van der Waals surface area contributed by atoms with Crippen LogP contribution in [0.25, 0.3) is 0 Å². The van der Waals surface area contributed by atoms with Crippen LogP contribution in [0.5, 0.6) is 0 Å². The Kier molecular flexibility index (Phi) is 6.27. The molecule has 0 spiro atoms. The largest absolute Gasteiger partial charge is 0.381 e. The van der Waals surface area contributed by atoms with Crippen LogP contribution in [0.2, 0.25) is 0 Å². The number of nitrogens with zero attached hydrogens (tertiary/aromatic N) is 2. The van der Waals surface area contributed by atoms with E-state index in [1.165, 1.54) is 32.4 Å². The van der Waals surface area contributed by atoms with Crippen LogP contribution in [-0.2, 0) is 4.74 Å². The van der Waals surface area contributed by atoms with Crippen LogP contribution >= 0.6 is 0 Å². The zero-order chi connectivity index (χ0) is 14.5. The van der Waals surface area contributed by atoms with Gasteiger partial charge in [-0.3, -0.25) is 4.90 Å². The van der Waals surface area contributed by atoms with Crippen molar-refractivity contribution in [2.24, 2.45) is 5.73 Å². The lowest BCUT2D eigenvalue weighted by Crippen LogP contribution is -2.53. The third kappa shape index (κ3) is 3.94. The molecular weight excluding hydrogens is 250 g/mol. The van der Waals surface area contributed by atoms with E-state index in [0.29, 0.717) is 18.2 Å². The van der Waals surface area contributed by atoms with Crippen molar-refractivity contribution in [1.29, 1.82) is 0 Å². The molecule has 0 aromatic heterocycles. The molecule has 4 heteroatoms. The Morgan fingerprint density at radius 3 is 2.60 bits per heavy atom. The van der Waals surface area contributed by atoms with E-state index in [2.05, 4.69) is 23.6 Å². The van der Waals surface area contributed by atoms with Crippen LogP contribution in [0, 0.1) is 0 Å². The fraction of sp³-hybridized carbons (Fsp3) is 1.00. The predicted molar refractivity (Wildman–Crippen MR) is 83.9 cm³/mol. The maximum Gasteiger partial charge on any atom is 0.0599 e. The lowest BCUT2D eigenvalue weighted by molar-refractivity contribution is -0.00685. The highest BCUT2D eigenvalue weighted by molar-refractivity contribution is 4.89. The van der Waals surface area contributed by atoms with Crippen molar-refractivity contribution >= 4 is 0 Å². The molecule has 0 amide bonds. The second kappa shape index (κ2) is 7.74. The number of ether oxygens (including phenoxy) is 1. The SMILES string of the molecule is COC1CCN(C2CCCN(C(C)C)CC2)C(CN)C1. The summed E-state index contributed by atoms with van der Waals surface area (Å²) in [4.78, 5) is 5.32. The maximum atomic E-state index is 6.02. The molecule has 0 aromatic carbocycles. The monoisotopic (exact) mass is 283 g/mol. The molecule has 3 atom stereocenters. The van der Waals surface area contributed by atoms with Gasteiger partial charge in [0.1, 0.15) is 0 Å². The molecule has 0 radical (unpaired) electrons. The number of piperidine rings is 1. The molecule has 118 valence electrons. The summed E-state index contributed by atoms with van der Waals surface area (Å²) in [6.45, 7) is 9.05. The predicted octanol–water partition coefficient (Wildman–Crippen LogP) is 1.69. The molecule has 2 fully saturated rings. The molecule has 2 aliphatic heterocycles. The summed E-state index contributed by atoms with van der Waals surface area (Å²) in [7, 11) is 1.83. The maximum absolute atomic E-state index is 6.02. The molecule has 2 rings (SSSR count). The first kappa shape index (κ1) is 16.2. The third-order valence-electron chi connectivity index (χ3n) is 5.25. The molecule has 0 aromatic rings. The second-order valence-corrected chi connectivity index (χ2v) is 6.72. The first-order chi connectivity index (χ1) is 9.65. The number of hydrogen-bond donors (Lipinski definition) is 1. The van der Waals surface area contributed by atoms with E-state index >= 15 is 0 Å². The number of nitrogens with two attached hydrogens (primary N) is 1. The van der Waals surface area contributed by atoms with Crippen molar-refractivity contribution in [3.05, 3.63) is 0 Å². The first-order valence-corrected chi connectivity index (χ1v) is 8.38. The minimum atomic E-state index is 0.415. The van der Waals surface area contributed by atoms with Gasteiger partial charge in [-0.2, -0.15) is 0 Å². The number of hydrogen-bond acceptors (Lipinski definition) is 4. The van der Waals surface area contributed by atoms with Gasteiger partial charge in [0.25, 0.3) is 0 Å². The summed E-state index contributed by atoms with van der Waals surface area (Å²) < 4.78 is 5.54. The fourth-order valence-corrected chi connectivity index (χ4v) is 3.91. The number of rotatable bonds is 4. The molecule has 3 unspecified atom stereocenters. The molecule has 2 saturated heterocycles. The molecule has 20 heavy (non-hydrogen) atoms. The Balaban J connectivity index is 1.93. The normalized spacial score (nSPS) is 34.4. The molecular formula is C16H33N3O. The smallest absolute Gasteiger partial charge is 0.0599 e. The highest BCUT2D eigenvalue weighted by Crippen LogP contribution is 2.26. The fourth-order valence-electron chi connectivity index (χ4n) is 3.91. The summed E-state index contributed by atoms with van der Waals surface area (Å²) in [5.41, 5.74) is 6.02. The molecule has 0 saturated carbocycles. The van der Waals surface area contributed by atoms with Crippen LogP contribution in [0.3, 0.4) is 0 Å². The van der Waals surface area contributed by atoms with Crippen LogP contribution in [0.15, 0.2) is 0 Å². The molecule has 0 aliphatic carbocycles. The van der Waals surface area contributed by atoms with Gasteiger partial charge < -0.3 is 15.4 Å². The Hall–Kier alpha value is -0.160. The van der Waals surface area contributed by atoms with Gasteiger partial charge in [-0.15, -0.1) is 0 Å². The Morgan fingerprint density at radius 2 is 1.95 bits per heavy atom. The van der Waals surface area contributed by atoms with E-state index in [4.69, 9.17) is 10.5 Å². The lowest BCUT2D eigenvalue weighted by atomic mass is 9.95. The van der Waals surface area contributed by atoms with Gasteiger partial charge in [0.2, 0.25) is 0 Å². The number of likely N-dealkylation sites (tertiary alicyclic amines) is 2. The third-order valence-corrected chi connectivity index (χ3v) is 5.25. The number of methoxy groups -OCH3 is 1. The van der Waals surface area contributed by atoms with Gasteiger partial charge in [0.05, 0.1) is 6.10 Å².